The van der Waals surface area contributed by atoms with Gasteiger partial charge in [-0.2, -0.15) is 8.78 Å². The van der Waals surface area contributed by atoms with Crippen LogP contribution in [0.4, 0.5) is 13.2 Å². The second kappa shape index (κ2) is 6.74. The van der Waals surface area contributed by atoms with Gasteiger partial charge in [0.15, 0.2) is 5.78 Å². The minimum atomic E-state index is -2.94. The maximum Gasteiger partial charge on any atom is 0.387 e. The minimum absolute atomic E-state index is 0.0179. The molecule has 0 aromatic heterocycles. The fourth-order valence-electron chi connectivity index (χ4n) is 1.70. The SMILES string of the molecule is O=C(/C=C/c1ccccc1OC(F)F)c1ccc(F)cc1. The predicted octanol–water partition coefficient (Wildman–Crippen LogP) is 4.32. The molecule has 0 aliphatic carbocycles. The van der Waals surface area contributed by atoms with Gasteiger partial charge in [0.25, 0.3) is 0 Å². The molecule has 0 aliphatic heterocycles. The minimum Gasteiger partial charge on any atom is -0.434 e. The van der Waals surface area contributed by atoms with Gasteiger partial charge in [-0.05, 0) is 42.5 Å². The molecule has 2 aromatic rings. The lowest BCUT2D eigenvalue weighted by Crippen LogP contribution is -2.03. The van der Waals surface area contributed by atoms with Crippen LogP contribution < -0.4 is 4.74 Å². The highest BCUT2D eigenvalue weighted by molar-refractivity contribution is 6.06. The highest BCUT2D eigenvalue weighted by atomic mass is 19.3. The van der Waals surface area contributed by atoms with Gasteiger partial charge in [-0.25, -0.2) is 4.39 Å². The van der Waals surface area contributed by atoms with Crippen LogP contribution in [0.25, 0.3) is 6.08 Å². The van der Waals surface area contributed by atoms with Crippen LogP contribution in [0.3, 0.4) is 0 Å². The number of halogens is 3. The molecule has 0 radical (unpaired) electrons. The highest BCUT2D eigenvalue weighted by Gasteiger charge is 2.08. The van der Waals surface area contributed by atoms with Gasteiger partial charge in [0.1, 0.15) is 11.6 Å². The molecular weight excluding hydrogens is 281 g/mol. The van der Waals surface area contributed by atoms with E-state index < -0.39 is 12.4 Å². The summed E-state index contributed by atoms with van der Waals surface area (Å²) in [7, 11) is 0. The smallest absolute Gasteiger partial charge is 0.387 e. The first kappa shape index (κ1) is 14.8. The molecular formula is C16H11F3O2. The van der Waals surface area contributed by atoms with Crippen molar-refractivity contribution in [2.24, 2.45) is 0 Å². The molecule has 0 atom stereocenters. The van der Waals surface area contributed by atoms with Crippen molar-refractivity contribution in [2.45, 2.75) is 6.61 Å². The number of ketones is 1. The third-order valence-corrected chi connectivity index (χ3v) is 2.68. The molecule has 0 N–H and O–H groups in total. The Labute approximate surface area is 119 Å². The van der Waals surface area contributed by atoms with Crippen LogP contribution >= 0.6 is 0 Å². The molecule has 0 saturated carbocycles. The molecule has 108 valence electrons. The molecule has 0 spiro atoms. The van der Waals surface area contributed by atoms with Crippen LogP contribution in [-0.4, -0.2) is 12.4 Å². The number of alkyl halides is 2. The zero-order valence-corrected chi connectivity index (χ0v) is 10.8. The lowest BCUT2D eigenvalue weighted by atomic mass is 10.1. The van der Waals surface area contributed by atoms with E-state index in [0.717, 1.165) is 0 Å². The Hall–Kier alpha value is -2.56. The van der Waals surface area contributed by atoms with Crippen molar-refractivity contribution in [2.75, 3.05) is 0 Å². The Balaban J connectivity index is 2.17. The van der Waals surface area contributed by atoms with E-state index in [1.165, 1.54) is 42.5 Å². The van der Waals surface area contributed by atoms with Gasteiger partial charge in [-0.15, -0.1) is 0 Å². The lowest BCUT2D eigenvalue weighted by Gasteiger charge is -2.07. The van der Waals surface area contributed by atoms with E-state index in [0.29, 0.717) is 11.1 Å². The number of carbonyl (C=O) groups is 1. The molecule has 0 amide bonds. The number of benzene rings is 2. The van der Waals surface area contributed by atoms with Gasteiger partial charge in [0.05, 0.1) is 0 Å². The van der Waals surface area contributed by atoms with E-state index >= 15 is 0 Å². The largest absolute Gasteiger partial charge is 0.434 e. The summed E-state index contributed by atoms with van der Waals surface area (Å²) in [5.41, 5.74) is 0.660. The first-order valence-electron chi connectivity index (χ1n) is 6.08. The van der Waals surface area contributed by atoms with Gasteiger partial charge < -0.3 is 4.74 Å². The van der Waals surface area contributed by atoms with Gasteiger partial charge >= 0.3 is 6.61 Å². The molecule has 2 nitrogen and oxygen atoms in total. The molecule has 0 fully saturated rings. The number of hydrogen-bond donors (Lipinski definition) is 0. The van der Waals surface area contributed by atoms with Crippen molar-refractivity contribution >= 4 is 11.9 Å². The van der Waals surface area contributed by atoms with Crippen molar-refractivity contribution in [3.63, 3.8) is 0 Å². The number of rotatable bonds is 5. The summed E-state index contributed by atoms with van der Waals surface area (Å²) in [6.07, 6.45) is 2.60. The summed E-state index contributed by atoms with van der Waals surface area (Å²) in [4.78, 5) is 11.9. The Bertz CT molecular complexity index is 649. The summed E-state index contributed by atoms with van der Waals surface area (Å²) in [6, 6.07) is 11.2. The number of hydrogen-bond acceptors (Lipinski definition) is 2. The normalized spacial score (nSPS) is 11.0. The molecule has 0 heterocycles. The van der Waals surface area contributed by atoms with Crippen LogP contribution in [0, 0.1) is 5.82 Å². The van der Waals surface area contributed by atoms with E-state index in [4.69, 9.17) is 0 Å². The average molecular weight is 292 g/mol. The fourth-order valence-corrected chi connectivity index (χ4v) is 1.70. The first-order chi connectivity index (χ1) is 10.1. The third kappa shape index (κ3) is 4.21. The van der Waals surface area contributed by atoms with Gasteiger partial charge in [0.2, 0.25) is 0 Å². The Kier molecular flexibility index (Phi) is 4.77. The van der Waals surface area contributed by atoms with E-state index in [2.05, 4.69) is 4.74 Å². The Morgan fingerprint density at radius 3 is 2.38 bits per heavy atom. The van der Waals surface area contributed by atoms with Crippen LogP contribution in [0.1, 0.15) is 15.9 Å². The number of ether oxygens (including phenoxy) is 1. The van der Waals surface area contributed by atoms with Crippen molar-refractivity contribution in [1.82, 2.24) is 0 Å². The molecule has 21 heavy (non-hydrogen) atoms. The standard InChI is InChI=1S/C16H11F3O2/c17-13-8-5-11(6-9-13)14(20)10-7-12-3-1-2-4-15(12)21-16(18)19/h1-10,16H/b10-7+. The van der Waals surface area contributed by atoms with Gasteiger partial charge in [-0.1, -0.05) is 18.2 Å². The van der Waals surface area contributed by atoms with Crippen LogP contribution in [-0.2, 0) is 0 Å². The predicted molar refractivity (Wildman–Crippen MR) is 72.8 cm³/mol. The summed E-state index contributed by atoms with van der Waals surface area (Å²) in [5.74, 6) is -0.816. The number of carbonyl (C=O) groups excluding carboxylic acids is 1. The van der Waals surface area contributed by atoms with Crippen molar-refractivity contribution in [1.29, 1.82) is 0 Å². The summed E-state index contributed by atoms with van der Waals surface area (Å²) in [5, 5.41) is 0. The number of allylic oxidation sites excluding steroid dienone is 1. The van der Waals surface area contributed by atoms with Gasteiger partial charge in [-0.3, -0.25) is 4.79 Å². The van der Waals surface area contributed by atoms with Crippen LogP contribution in [0.15, 0.2) is 54.6 Å². The molecule has 2 rings (SSSR count). The molecule has 0 unspecified atom stereocenters. The summed E-state index contributed by atoms with van der Waals surface area (Å²) in [6.45, 7) is -2.94. The second-order valence-corrected chi connectivity index (χ2v) is 4.12. The van der Waals surface area contributed by atoms with E-state index in [-0.39, 0.29) is 11.5 Å². The molecule has 0 bridgehead atoms. The van der Waals surface area contributed by atoms with Crippen molar-refractivity contribution < 1.29 is 22.7 Å². The zero-order valence-electron chi connectivity index (χ0n) is 10.8. The molecule has 0 aliphatic rings. The third-order valence-electron chi connectivity index (χ3n) is 2.68. The molecule has 5 heteroatoms. The fraction of sp³-hybridized carbons (Fsp3) is 0.0625. The lowest BCUT2D eigenvalue weighted by molar-refractivity contribution is -0.0499. The van der Waals surface area contributed by atoms with Crippen LogP contribution in [0.5, 0.6) is 5.75 Å². The average Bonchev–Trinajstić information content (AvgIpc) is 2.46. The number of para-hydroxylation sites is 1. The van der Waals surface area contributed by atoms with E-state index in [1.807, 2.05) is 0 Å². The van der Waals surface area contributed by atoms with Crippen LogP contribution in [0.2, 0.25) is 0 Å². The molecule has 0 saturated heterocycles. The maximum atomic E-state index is 12.8. The zero-order chi connectivity index (χ0) is 15.2. The van der Waals surface area contributed by atoms with Gasteiger partial charge in [0, 0.05) is 11.1 Å². The first-order valence-corrected chi connectivity index (χ1v) is 6.08. The molecule has 2 aromatic carbocycles. The monoisotopic (exact) mass is 292 g/mol. The summed E-state index contributed by atoms with van der Waals surface area (Å²) >= 11 is 0. The summed E-state index contributed by atoms with van der Waals surface area (Å²) < 4.78 is 41.6. The van der Waals surface area contributed by atoms with Crippen molar-refractivity contribution in [3.05, 3.63) is 71.6 Å². The quantitative estimate of drug-likeness (QED) is 0.606. The maximum absolute atomic E-state index is 12.8. The topological polar surface area (TPSA) is 26.3 Å². The van der Waals surface area contributed by atoms with E-state index in [9.17, 15) is 18.0 Å². The Morgan fingerprint density at radius 2 is 1.71 bits per heavy atom. The second-order valence-electron chi connectivity index (χ2n) is 4.12. The highest BCUT2D eigenvalue weighted by Crippen LogP contribution is 2.21. The Morgan fingerprint density at radius 1 is 1.05 bits per heavy atom. The van der Waals surface area contributed by atoms with E-state index in [1.54, 1.807) is 18.2 Å². The van der Waals surface area contributed by atoms with Crippen molar-refractivity contribution in [3.8, 4) is 5.75 Å².